The number of terminal acetylenes is 1. The maximum absolute atomic E-state index is 14.1. The lowest BCUT2D eigenvalue weighted by molar-refractivity contribution is -0.00884. The fraction of sp³-hybridized carbons (Fsp3) is 0.333. The van der Waals surface area contributed by atoms with Gasteiger partial charge in [0.1, 0.15) is 24.2 Å². The molecule has 41 heavy (non-hydrogen) atoms. The van der Waals surface area contributed by atoms with Crippen LogP contribution in [0, 0.1) is 29.5 Å². The molecule has 0 spiro atoms. The minimum atomic E-state index is -1.42. The summed E-state index contributed by atoms with van der Waals surface area (Å²) in [6.45, 7) is 3.67. The van der Waals surface area contributed by atoms with Crippen LogP contribution in [0.3, 0.4) is 0 Å². The number of rotatable bonds is 8. The Morgan fingerprint density at radius 3 is 2.66 bits per heavy atom. The molecule has 0 aliphatic carbocycles. The summed E-state index contributed by atoms with van der Waals surface area (Å²) in [7, 11) is 1.41. The van der Waals surface area contributed by atoms with Crippen LogP contribution in [0.15, 0.2) is 49.1 Å². The lowest BCUT2D eigenvalue weighted by Crippen LogP contribution is -2.68. The van der Waals surface area contributed by atoms with Gasteiger partial charge in [0.15, 0.2) is 11.4 Å². The summed E-state index contributed by atoms with van der Waals surface area (Å²) < 4.78 is 26.4. The number of halogens is 1. The van der Waals surface area contributed by atoms with Crippen LogP contribution in [0.2, 0.25) is 0 Å². The Morgan fingerprint density at radius 1 is 1.20 bits per heavy atom. The second kappa shape index (κ2) is 10.4. The van der Waals surface area contributed by atoms with Gasteiger partial charge in [0.2, 0.25) is 5.88 Å². The van der Waals surface area contributed by atoms with Crippen LogP contribution in [0.5, 0.6) is 11.6 Å². The molecule has 0 amide bonds. The van der Waals surface area contributed by atoms with Crippen LogP contribution in [-0.4, -0.2) is 74.1 Å². The van der Waals surface area contributed by atoms with Crippen molar-refractivity contribution >= 4 is 11.3 Å². The van der Waals surface area contributed by atoms with Gasteiger partial charge in [-0.25, -0.2) is 18.9 Å². The van der Waals surface area contributed by atoms with E-state index in [4.69, 9.17) is 20.9 Å². The summed E-state index contributed by atoms with van der Waals surface area (Å²) >= 11 is 0. The highest BCUT2D eigenvalue weighted by Crippen LogP contribution is 2.37. The minimum Gasteiger partial charge on any atom is -0.488 e. The summed E-state index contributed by atoms with van der Waals surface area (Å²) in [4.78, 5) is 13.5. The molecule has 3 atom stereocenters. The zero-order valence-electron chi connectivity index (χ0n) is 22.7. The van der Waals surface area contributed by atoms with E-state index < -0.39 is 11.4 Å². The maximum atomic E-state index is 14.1. The molecule has 208 valence electrons. The Bertz CT molecular complexity index is 1680. The van der Waals surface area contributed by atoms with Crippen molar-refractivity contribution in [2.45, 2.75) is 37.6 Å². The second-order valence-electron chi connectivity index (χ2n) is 10.6. The van der Waals surface area contributed by atoms with E-state index in [1.807, 2.05) is 12.1 Å². The van der Waals surface area contributed by atoms with Gasteiger partial charge in [-0.3, -0.25) is 4.90 Å². The zero-order valence-corrected chi connectivity index (χ0v) is 22.7. The summed E-state index contributed by atoms with van der Waals surface area (Å²) in [6, 6.07) is 10.1. The van der Waals surface area contributed by atoms with Crippen molar-refractivity contribution in [3.63, 3.8) is 0 Å². The van der Waals surface area contributed by atoms with Gasteiger partial charge in [-0.2, -0.15) is 10.4 Å². The van der Waals surface area contributed by atoms with E-state index in [9.17, 15) is 14.8 Å². The third kappa shape index (κ3) is 5.02. The van der Waals surface area contributed by atoms with Gasteiger partial charge in [0, 0.05) is 55.2 Å². The third-order valence-corrected chi connectivity index (χ3v) is 7.69. The van der Waals surface area contributed by atoms with Gasteiger partial charge in [0.05, 0.1) is 30.6 Å². The molecule has 4 aromatic heterocycles. The molecule has 7 rings (SSSR count). The molecule has 2 unspecified atom stereocenters. The van der Waals surface area contributed by atoms with E-state index in [-0.39, 0.29) is 12.5 Å². The summed E-state index contributed by atoms with van der Waals surface area (Å²) in [6.07, 6.45) is 13.1. The monoisotopic (exact) mass is 553 g/mol. The third-order valence-electron chi connectivity index (χ3n) is 7.69. The van der Waals surface area contributed by atoms with Crippen LogP contribution < -0.4 is 14.4 Å². The van der Waals surface area contributed by atoms with Crippen molar-refractivity contribution in [1.29, 1.82) is 5.26 Å². The molecule has 3 saturated heterocycles. The second-order valence-corrected chi connectivity index (χ2v) is 10.6. The molecule has 7 heterocycles. The first-order chi connectivity index (χ1) is 19.8. The van der Waals surface area contributed by atoms with E-state index >= 15 is 0 Å². The quantitative estimate of drug-likeness (QED) is 0.329. The van der Waals surface area contributed by atoms with Gasteiger partial charge >= 0.3 is 0 Å². The van der Waals surface area contributed by atoms with Gasteiger partial charge in [-0.15, -0.1) is 6.42 Å². The molecule has 10 nitrogen and oxygen atoms in total. The first-order valence-electron chi connectivity index (χ1n) is 13.2. The van der Waals surface area contributed by atoms with Gasteiger partial charge < -0.3 is 19.5 Å². The van der Waals surface area contributed by atoms with E-state index in [0.717, 1.165) is 42.0 Å². The molecule has 3 fully saturated rings. The topological polar surface area (TPSA) is 112 Å². The molecule has 4 aromatic rings. The predicted octanol–water partition coefficient (Wildman–Crippen LogP) is 3.04. The lowest BCUT2D eigenvalue weighted by Gasteiger charge is -2.56. The van der Waals surface area contributed by atoms with E-state index in [1.165, 1.54) is 26.3 Å². The molecule has 0 saturated carbocycles. The molecule has 11 heteroatoms. The van der Waals surface area contributed by atoms with Crippen LogP contribution in [-0.2, 0) is 6.54 Å². The minimum absolute atomic E-state index is 0.00681. The number of anilines is 1. The van der Waals surface area contributed by atoms with Gasteiger partial charge in [-0.05, 0) is 43.2 Å². The smallest absolute Gasteiger partial charge is 0.250 e. The number of piperidine rings is 1. The number of methoxy groups -OCH3 is 1. The van der Waals surface area contributed by atoms with Crippen molar-refractivity contribution in [3.8, 4) is 41.2 Å². The first kappa shape index (κ1) is 26.5. The van der Waals surface area contributed by atoms with Gasteiger partial charge in [0.25, 0.3) is 0 Å². The number of aromatic nitrogens is 4. The average Bonchev–Trinajstić information content (AvgIpc) is 3.42. The number of hydrogen-bond donors (Lipinski definition) is 1. The van der Waals surface area contributed by atoms with Crippen molar-refractivity contribution < 1.29 is 19.0 Å². The molecular weight excluding hydrogens is 525 g/mol. The number of nitrogens with zero attached hydrogens (tertiary/aromatic N) is 7. The number of piperazine rings is 1. The highest BCUT2D eigenvalue weighted by atomic mass is 19.1. The van der Waals surface area contributed by atoms with Crippen molar-refractivity contribution in [3.05, 3.63) is 66.0 Å². The number of hydrogen-bond acceptors (Lipinski definition) is 9. The van der Waals surface area contributed by atoms with Crippen molar-refractivity contribution in [2.75, 3.05) is 31.7 Å². The average molecular weight is 554 g/mol. The molecule has 1 N–H and O–H groups in total. The van der Waals surface area contributed by atoms with E-state index in [0.29, 0.717) is 35.5 Å². The summed E-state index contributed by atoms with van der Waals surface area (Å²) in [5.74, 6) is 3.16. The molecule has 0 radical (unpaired) electrons. The molecule has 2 bridgehead atoms. The Morgan fingerprint density at radius 2 is 2.00 bits per heavy atom. The molecule has 3 aliphatic rings. The Hall–Kier alpha value is -4.71. The van der Waals surface area contributed by atoms with E-state index in [2.05, 4.69) is 31.9 Å². The maximum Gasteiger partial charge on any atom is 0.250 e. The number of ether oxygens (including phenoxy) is 2. The standard InChI is InChI=1S/C30H28FN7O3/c1-4-30(2,39)18-41-24-9-25(28-21(10-32)13-35-38(28)17-24)20-5-6-27(33-12-20)36-15-22-8-23(16-36)37(22)14-19-7-26(31)29(40-3)34-11-19/h1,5-7,9,11-13,17,22-23,39H,8,14-16,18H2,2-3H3/t22?,23?,30-/m0/s1. The largest absolute Gasteiger partial charge is 0.488 e. The van der Waals surface area contributed by atoms with Crippen molar-refractivity contribution in [2.24, 2.45) is 0 Å². The number of nitriles is 1. The normalized spacial score (nSPS) is 19.6. The Kier molecular flexibility index (Phi) is 6.70. The van der Waals surface area contributed by atoms with Crippen LogP contribution in [0.4, 0.5) is 10.2 Å². The molecular formula is C30H28FN7O3. The highest BCUT2D eigenvalue weighted by Gasteiger charge is 2.44. The summed E-state index contributed by atoms with van der Waals surface area (Å²) in [5, 5.41) is 24.1. The van der Waals surface area contributed by atoms with Crippen LogP contribution in [0.25, 0.3) is 16.6 Å². The fourth-order valence-electron chi connectivity index (χ4n) is 5.52. The zero-order chi connectivity index (χ0) is 28.7. The van der Waals surface area contributed by atoms with Gasteiger partial charge in [-0.1, -0.05) is 5.92 Å². The Labute approximate surface area is 236 Å². The number of aliphatic hydroxyl groups is 1. The van der Waals surface area contributed by atoms with Crippen molar-refractivity contribution in [1.82, 2.24) is 24.5 Å². The molecule has 0 aromatic carbocycles. The first-order valence-corrected chi connectivity index (χ1v) is 13.2. The highest BCUT2D eigenvalue weighted by molar-refractivity contribution is 5.85. The fourth-order valence-corrected chi connectivity index (χ4v) is 5.52. The Balaban J connectivity index is 1.19. The van der Waals surface area contributed by atoms with Crippen LogP contribution in [0.1, 0.15) is 24.5 Å². The molecule has 3 aliphatic heterocycles. The van der Waals surface area contributed by atoms with E-state index in [1.54, 1.807) is 29.2 Å². The summed E-state index contributed by atoms with van der Waals surface area (Å²) in [5.41, 5.74) is 1.98. The van der Waals surface area contributed by atoms with Crippen LogP contribution >= 0.6 is 0 Å². The predicted molar refractivity (Wildman–Crippen MR) is 149 cm³/mol. The SMILES string of the molecule is C#C[C@](C)(O)COc1cc(-c2ccc(N3CC4CC(C3)N4Cc3cnc(OC)c(F)c3)nc2)c2c(C#N)cnn2c1. The number of fused-ring (bicyclic) bond motifs is 3. The lowest BCUT2D eigenvalue weighted by atomic mass is 9.87. The number of pyridine rings is 3.